The van der Waals surface area contributed by atoms with Crippen LogP contribution >= 0.6 is 0 Å². The van der Waals surface area contributed by atoms with Crippen LogP contribution in [0.3, 0.4) is 0 Å². The number of aromatic carboxylic acids is 1. The molecule has 3 heterocycles. The number of carboxylic acid groups (broad SMARTS) is 1. The second-order valence-corrected chi connectivity index (χ2v) is 7.31. The van der Waals surface area contributed by atoms with Gasteiger partial charge in [0.2, 0.25) is 0 Å². The zero-order valence-corrected chi connectivity index (χ0v) is 15.9. The molecule has 2 aromatic rings. The average Bonchev–Trinajstić information content (AvgIpc) is 2.70. The molecule has 1 saturated heterocycles. The van der Waals surface area contributed by atoms with E-state index >= 15 is 0 Å². The van der Waals surface area contributed by atoms with Crippen LogP contribution < -0.4 is 15.7 Å². The topological polar surface area (TPSA) is 96.7 Å². The molecule has 4 rings (SSSR count). The molecule has 0 saturated carbocycles. The Hall–Kier alpha value is -2.87. The molecule has 2 aliphatic heterocycles. The number of ether oxygens (including phenoxy) is 1. The van der Waals surface area contributed by atoms with Crippen LogP contribution in [0.4, 0.5) is 11.5 Å². The van der Waals surface area contributed by atoms with Gasteiger partial charge in [-0.15, -0.1) is 0 Å². The second kappa shape index (κ2) is 7.63. The molecule has 1 aromatic carbocycles. The van der Waals surface area contributed by atoms with E-state index in [2.05, 4.69) is 22.1 Å². The summed E-state index contributed by atoms with van der Waals surface area (Å²) in [5.41, 5.74) is 0.308. The highest BCUT2D eigenvalue weighted by atomic mass is 16.5. The number of hydrogen-bond acceptors (Lipinski definition) is 6. The maximum absolute atomic E-state index is 12.6. The number of aromatic nitrogens is 2. The Bertz CT molecular complexity index is 948. The minimum atomic E-state index is -1.02. The molecule has 8 heteroatoms. The van der Waals surface area contributed by atoms with Gasteiger partial charge in [-0.3, -0.25) is 4.57 Å². The quantitative estimate of drug-likeness (QED) is 0.697. The summed E-state index contributed by atoms with van der Waals surface area (Å²) < 4.78 is 7.56. The molecule has 148 valence electrons. The van der Waals surface area contributed by atoms with Crippen LogP contribution in [0.25, 0.3) is 0 Å². The van der Waals surface area contributed by atoms with E-state index < -0.39 is 5.97 Å². The normalized spacial score (nSPS) is 16.6. The number of hydrogen-bond donors (Lipinski definition) is 2. The first-order valence-electron chi connectivity index (χ1n) is 9.73. The van der Waals surface area contributed by atoms with E-state index in [4.69, 9.17) is 9.84 Å². The summed E-state index contributed by atoms with van der Waals surface area (Å²) in [7, 11) is 0. The van der Waals surface area contributed by atoms with E-state index in [9.17, 15) is 9.59 Å². The summed E-state index contributed by atoms with van der Waals surface area (Å²) in [4.78, 5) is 30.3. The molecule has 0 radical (unpaired) electrons. The molecule has 28 heavy (non-hydrogen) atoms. The Morgan fingerprint density at radius 2 is 2.11 bits per heavy atom. The van der Waals surface area contributed by atoms with Gasteiger partial charge in [-0.25, -0.2) is 9.59 Å². The molecule has 0 aliphatic carbocycles. The number of nitrogens with zero attached hydrogens (tertiary/aromatic N) is 3. The number of fused-ring (bicyclic) bond motifs is 2. The third-order valence-corrected chi connectivity index (χ3v) is 5.40. The lowest BCUT2D eigenvalue weighted by atomic mass is 10.0. The summed E-state index contributed by atoms with van der Waals surface area (Å²) in [6.07, 6.45) is 5.94. The van der Waals surface area contributed by atoms with Crippen molar-refractivity contribution in [3.63, 3.8) is 0 Å². The third kappa shape index (κ3) is 3.60. The number of nitrogens with one attached hydrogen (secondary N) is 1. The van der Waals surface area contributed by atoms with Crippen LogP contribution in [-0.4, -0.2) is 45.2 Å². The molecule has 8 nitrogen and oxygen atoms in total. The van der Waals surface area contributed by atoms with Crippen LogP contribution in [0.1, 0.15) is 49.0 Å². The van der Waals surface area contributed by atoms with Crippen molar-refractivity contribution in [3.8, 4) is 11.5 Å². The maximum Gasteiger partial charge on any atom is 0.350 e. The van der Waals surface area contributed by atoms with Gasteiger partial charge in [0, 0.05) is 19.1 Å². The van der Waals surface area contributed by atoms with Gasteiger partial charge in [0.1, 0.15) is 0 Å². The number of likely N-dealkylation sites (tertiary alicyclic amines) is 1. The first-order valence-corrected chi connectivity index (χ1v) is 9.73. The average molecular weight is 384 g/mol. The summed E-state index contributed by atoms with van der Waals surface area (Å²) in [6, 6.07) is 4.68. The number of rotatable bonds is 5. The first kappa shape index (κ1) is 18.5. The minimum absolute atomic E-state index is 0.113. The summed E-state index contributed by atoms with van der Waals surface area (Å²) in [5.74, 6) is 0.281. The Balaban J connectivity index is 1.53. The zero-order valence-electron chi connectivity index (χ0n) is 15.9. The van der Waals surface area contributed by atoms with Crippen molar-refractivity contribution >= 4 is 17.5 Å². The molecule has 2 aliphatic rings. The monoisotopic (exact) mass is 384 g/mol. The van der Waals surface area contributed by atoms with E-state index in [1.807, 2.05) is 0 Å². The van der Waals surface area contributed by atoms with E-state index in [-0.39, 0.29) is 17.3 Å². The SMILES string of the molecule is CCCCN1CCC(n2cc3c(nc2=O)Nc2cc(C(=O)O)ccc2O3)CC1. The zero-order chi connectivity index (χ0) is 19.7. The van der Waals surface area contributed by atoms with Crippen molar-refractivity contribution in [3.05, 3.63) is 40.4 Å². The molecular weight excluding hydrogens is 360 g/mol. The Morgan fingerprint density at radius 1 is 1.32 bits per heavy atom. The van der Waals surface area contributed by atoms with Crippen LogP contribution in [0.15, 0.2) is 29.2 Å². The van der Waals surface area contributed by atoms with Crippen molar-refractivity contribution in [1.29, 1.82) is 0 Å². The number of anilines is 2. The molecule has 0 amide bonds. The van der Waals surface area contributed by atoms with Gasteiger partial charge < -0.3 is 20.1 Å². The standard InChI is InChI=1S/C20H24N4O4/c1-2-3-8-23-9-6-14(7-10-23)24-12-17-18(22-20(24)27)21-15-11-13(19(25)26)4-5-16(15)28-17/h4-5,11-12,14H,2-3,6-10H2,1H3,(H,25,26)(H,21,22,27). The van der Waals surface area contributed by atoms with Crippen molar-refractivity contribution in [2.45, 2.75) is 38.6 Å². The molecule has 2 N–H and O–H groups in total. The van der Waals surface area contributed by atoms with Gasteiger partial charge in [-0.1, -0.05) is 13.3 Å². The summed E-state index contributed by atoms with van der Waals surface area (Å²) in [5, 5.41) is 12.1. The van der Waals surface area contributed by atoms with Gasteiger partial charge in [0.05, 0.1) is 17.4 Å². The fourth-order valence-electron chi connectivity index (χ4n) is 3.78. The van der Waals surface area contributed by atoms with E-state index in [0.29, 0.717) is 23.0 Å². The minimum Gasteiger partial charge on any atom is -0.478 e. The van der Waals surface area contributed by atoms with Gasteiger partial charge in [0.25, 0.3) is 0 Å². The van der Waals surface area contributed by atoms with E-state index in [1.165, 1.54) is 25.0 Å². The number of unbranched alkanes of at least 4 members (excludes halogenated alkanes) is 1. The number of carboxylic acids is 1. The first-order chi connectivity index (χ1) is 13.5. The van der Waals surface area contributed by atoms with Crippen LogP contribution in [-0.2, 0) is 0 Å². The third-order valence-electron chi connectivity index (χ3n) is 5.40. The largest absolute Gasteiger partial charge is 0.478 e. The number of piperidine rings is 1. The lowest BCUT2D eigenvalue weighted by Crippen LogP contribution is -2.38. The maximum atomic E-state index is 12.6. The predicted octanol–water partition coefficient (Wildman–Crippen LogP) is 3.23. The van der Waals surface area contributed by atoms with Crippen molar-refractivity contribution in [2.24, 2.45) is 0 Å². The van der Waals surface area contributed by atoms with Gasteiger partial charge >= 0.3 is 11.7 Å². The van der Waals surface area contributed by atoms with Crippen LogP contribution in [0, 0.1) is 0 Å². The molecule has 0 unspecified atom stereocenters. The molecule has 1 fully saturated rings. The Morgan fingerprint density at radius 3 is 2.82 bits per heavy atom. The molecular formula is C20H24N4O4. The van der Waals surface area contributed by atoms with E-state index in [1.54, 1.807) is 16.8 Å². The van der Waals surface area contributed by atoms with Gasteiger partial charge in [0.15, 0.2) is 17.3 Å². The molecule has 1 aromatic heterocycles. The van der Waals surface area contributed by atoms with Crippen molar-refractivity contribution in [1.82, 2.24) is 14.5 Å². The summed E-state index contributed by atoms with van der Waals surface area (Å²) >= 11 is 0. The van der Waals surface area contributed by atoms with Crippen molar-refractivity contribution in [2.75, 3.05) is 25.0 Å². The van der Waals surface area contributed by atoms with Crippen LogP contribution in [0.5, 0.6) is 11.5 Å². The van der Waals surface area contributed by atoms with Gasteiger partial charge in [-0.2, -0.15) is 4.98 Å². The van der Waals surface area contributed by atoms with Gasteiger partial charge in [-0.05, 0) is 44.0 Å². The lowest BCUT2D eigenvalue weighted by molar-refractivity contribution is 0.0697. The summed E-state index contributed by atoms with van der Waals surface area (Å²) in [6.45, 7) is 5.27. The highest BCUT2D eigenvalue weighted by Gasteiger charge is 2.25. The Labute approximate surface area is 162 Å². The van der Waals surface area contributed by atoms with Crippen molar-refractivity contribution < 1.29 is 14.6 Å². The fourth-order valence-corrected chi connectivity index (χ4v) is 3.78. The molecule has 0 bridgehead atoms. The molecule has 0 spiro atoms. The van der Waals surface area contributed by atoms with Crippen LogP contribution in [0.2, 0.25) is 0 Å². The number of benzene rings is 1. The fraction of sp³-hybridized carbons (Fsp3) is 0.450. The highest BCUT2D eigenvalue weighted by molar-refractivity contribution is 5.90. The predicted molar refractivity (Wildman–Crippen MR) is 105 cm³/mol. The highest BCUT2D eigenvalue weighted by Crippen LogP contribution is 2.40. The van der Waals surface area contributed by atoms with E-state index in [0.717, 1.165) is 32.5 Å². The Kier molecular flexibility index (Phi) is 5.04. The second-order valence-electron chi connectivity index (χ2n) is 7.31. The lowest BCUT2D eigenvalue weighted by Gasteiger charge is -2.33. The number of carbonyl (C=O) groups is 1. The smallest absolute Gasteiger partial charge is 0.350 e. The molecule has 0 atom stereocenters.